The van der Waals surface area contributed by atoms with Gasteiger partial charge in [0.15, 0.2) is 11.6 Å². The second-order valence-corrected chi connectivity index (χ2v) is 7.69. The molecule has 0 heterocycles. The van der Waals surface area contributed by atoms with Crippen molar-refractivity contribution in [2.75, 3.05) is 29.5 Å². The van der Waals surface area contributed by atoms with Gasteiger partial charge < -0.3 is 10.1 Å². The Labute approximate surface area is 156 Å². The van der Waals surface area contributed by atoms with Crippen molar-refractivity contribution in [2.45, 2.75) is 12.8 Å². The molecular formula is C18H20F2N2O4S. The Hall–Kier alpha value is -2.68. The van der Waals surface area contributed by atoms with Gasteiger partial charge in [0.2, 0.25) is 15.9 Å². The first-order valence-corrected chi connectivity index (χ1v) is 9.93. The number of carbonyl (C=O) groups excluding carboxylic acids is 1. The average molecular weight is 398 g/mol. The van der Waals surface area contributed by atoms with Crippen molar-refractivity contribution >= 4 is 27.3 Å². The van der Waals surface area contributed by atoms with E-state index in [1.165, 1.54) is 13.2 Å². The number of anilines is 2. The van der Waals surface area contributed by atoms with E-state index in [2.05, 4.69) is 5.32 Å². The molecule has 9 heteroatoms. The molecule has 0 saturated heterocycles. The van der Waals surface area contributed by atoms with E-state index < -0.39 is 27.6 Å². The second kappa shape index (κ2) is 8.81. The number of sulfonamides is 1. The minimum Gasteiger partial charge on any atom is -0.495 e. The van der Waals surface area contributed by atoms with Gasteiger partial charge in [-0.05, 0) is 30.7 Å². The van der Waals surface area contributed by atoms with Crippen LogP contribution in [0.1, 0.15) is 12.8 Å². The third-order valence-corrected chi connectivity index (χ3v) is 4.90. The van der Waals surface area contributed by atoms with Crippen molar-refractivity contribution in [2.24, 2.45) is 0 Å². The number of nitrogens with zero attached hydrogens (tertiary/aromatic N) is 1. The summed E-state index contributed by atoms with van der Waals surface area (Å²) in [6, 6.07) is 9.70. The van der Waals surface area contributed by atoms with E-state index in [-0.39, 0.29) is 25.1 Å². The topological polar surface area (TPSA) is 75.7 Å². The molecule has 0 fully saturated rings. The highest BCUT2D eigenvalue weighted by atomic mass is 32.2. The monoisotopic (exact) mass is 398 g/mol. The highest BCUT2D eigenvalue weighted by molar-refractivity contribution is 7.92. The number of ether oxygens (including phenoxy) is 1. The molecule has 1 amide bonds. The molecule has 0 aliphatic carbocycles. The van der Waals surface area contributed by atoms with Crippen LogP contribution in [0.25, 0.3) is 0 Å². The Morgan fingerprint density at radius 1 is 1.15 bits per heavy atom. The number of amides is 1. The maximum atomic E-state index is 13.2. The fraction of sp³-hybridized carbons (Fsp3) is 0.278. The fourth-order valence-electron chi connectivity index (χ4n) is 2.48. The number of methoxy groups -OCH3 is 1. The maximum Gasteiger partial charge on any atom is 0.232 e. The Morgan fingerprint density at radius 2 is 1.85 bits per heavy atom. The fourth-order valence-corrected chi connectivity index (χ4v) is 3.45. The first-order chi connectivity index (χ1) is 12.7. The predicted octanol–water partition coefficient (Wildman–Crippen LogP) is 3.16. The molecule has 2 aromatic carbocycles. The summed E-state index contributed by atoms with van der Waals surface area (Å²) in [6.07, 6.45) is 1.29. The summed E-state index contributed by atoms with van der Waals surface area (Å²) in [7, 11) is -2.15. The van der Waals surface area contributed by atoms with E-state index in [9.17, 15) is 22.0 Å². The summed E-state index contributed by atoms with van der Waals surface area (Å²) in [4.78, 5) is 12.0. The van der Waals surface area contributed by atoms with Crippen LogP contribution in [0.5, 0.6) is 5.75 Å². The Kier molecular flexibility index (Phi) is 6.73. The van der Waals surface area contributed by atoms with Crippen LogP contribution in [-0.4, -0.2) is 34.2 Å². The minimum absolute atomic E-state index is 0.000163. The summed E-state index contributed by atoms with van der Waals surface area (Å²) < 4.78 is 56.7. The van der Waals surface area contributed by atoms with Crippen LogP contribution in [0.4, 0.5) is 20.2 Å². The van der Waals surface area contributed by atoms with Crippen molar-refractivity contribution in [1.29, 1.82) is 0 Å². The van der Waals surface area contributed by atoms with Crippen LogP contribution in [0.2, 0.25) is 0 Å². The number of para-hydroxylation sites is 2. The van der Waals surface area contributed by atoms with Gasteiger partial charge in [0.05, 0.1) is 19.1 Å². The Morgan fingerprint density at radius 3 is 2.48 bits per heavy atom. The number of benzene rings is 2. The Bertz CT molecular complexity index is 919. The molecule has 2 aromatic rings. The summed E-state index contributed by atoms with van der Waals surface area (Å²) in [5, 5.41) is 2.45. The summed E-state index contributed by atoms with van der Waals surface area (Å²) >= 11 is 0. The van der Waals surface area contributed by atoms with E-state index in [0.29, 0.717) is 11.4 Å². The zero-order chi connectivity index (χ0) is 20.0. The lowest BCUT2D eigenvalue weighted by atomic mass is 10.2. The number of nitrogens with one attached hydrogen (secondary N) is 1. The zero-order valence-corrected chi connectivity index (χ0v) is 15.7. The molecule has 0 bridgehead atoms. The van der Waals surface area contributed by atoms with E-state index in [1.807, 2.05) is 0 Å². The van der Waals surface area contributed by atoms with Gasteiger partial charge in [0.25, 0.3) is 0 Å². The maximum absolute atomic E-state index is 13.2. The van der Waals surface area contributed by atoms with Gasteiger partial charge in [-0.3, -0.25) is 9.10 Å². The molecule has 146 valence electrons. The van der Waals surface area contributed by atoms with Crippen LogP contribution < -0.4 is 14.4 Å². The molecule has 6 nitrogen and oxygen atoms in total. The lowest BCUT2D eigenvalue weighted by molar-refractivity contribution is -0.116. The molecule has 0 spiro atoms. The molecule has 0 aliphatic rings. The number of hydrogen-bond donors (Lipinski definition) is 1. The molecule has 27 heavy (non-hydrogen) atoms. The smallest absolute Gasteiger partial charge is 0.232 e. The van der Waals surface area contributed by atoms with Crippen molar-refractivity contribution in [3.63, 3.8) is 0 Å². The molecule has 0 aromatic heterocycles. The number of hydrogen-bond acceptors (Lipinski definition) is 4. The third-order valence-electron chi connectivity index (χ3n) is 3.72. The van der Waals surface area contributed by atoms with Crippen molar-refractivity contribution in [3.8, 4) is 5.75 Å². The molecule has 0 aliphatic heterocycles. The van der Waals surface area contributed by atoms with Crippen LogP contribution in [0, 0.1) is 11.6 Å². The standard InChI is InChI=1S/C18H20F2N2O4S/c1-26-17-7-4-3-6-16(17)22(27(2,24)25)11-5-8-18(23)21-13-9-10-14(19)15(20)12-13/h3-4,6-7,9-10,12H,5,8,11H2,1-2H3,(H,21,23). The second-order valence-electron chi connectivity index (χ2n) is 5.79. The van der Waals surface area contributed by atoms with Gasteiger partial charge in [-0.15, -0.1) is 0 Å². The number of halogens is 2. The molecule has 0 radical (unpaired) electrons. The molecule has 1 N–H and O–H groups in total. The van der Waals surface area contributed by atoms with Gasteiger partial charge in [-0.1, -0.05) is 12.1 Å². The lowest BCUT2D eigenvalue weighted by Crippen LogP contribution is -2.31. The quantitative estimate of drug-likeness (QED) is 0.741. The SMILES string of the molecule is COc1ccccc1N(CCCC(=O)Nc1ccc(F)c(F)c1)S(C)(=O)=O. The molecule has 2 rings (SSSR count). The third kappa shape index (κ3) is 5.65. The highest BCUT2D eigenvalue weighted by Gasteiger charge is 2.20. The van der Waals surface area contributed by atoms with Crippen LogP contribution >= 0.6 is 0 Å². The van der Waals surface area contributed by atoms with E-state index >= 15 is 0 Å². The first kappa shape index (κ1) is 20.6. The average Bonchev–Trinajstić information content (AvgIpc) is 2.61. The molecule has 0 atom stereocenters. The molecular weight excluding hydrogens is 378 g/mol. The molecule has 0 saturated carbocycles. The lowest BCUT2D eigenvalue weighted by Gasteiger charge is -2.24. The summed E-state index contributed by atoms with van der Waals surface area (Å²) in [5.41, 5.74) is 0.507. The van der Waals surface area contributed by atoms with Gasteiger partial charge in [0.1, 0.15) is 5.75 Å². The Balaban J connectivity index is 2.01. The van der Waals surface area contributed by atoms with E-state index in [4.69, 9.17) is 4.74 Å². The van der Waals surface area contributed by atoms with Gasteiger partial charge in [-0.25, -0.2) is 17.2 Å². The summed E-state index contributed by atoms with van der Waals surface area (Å²) in [5.74, 6) is -2.11. The summed E-state index contributed by atoms with van der Waals surface area (Å²) in [6.45, 7) is 0.0599. The van der Waals surface area contributed by atoms with E-state index in [0.717, 1.165) is 22.7 Å². The van der Waals surface area contributed by atoms with Crippen molar-refractivity contribution in [1.82, 2.24) is 0 Å². The van der Waals surface area contributed by atoms with Crippen LogP contribution in [0.15, 0.2) is 42.5 Å². The van der Waals surface area contributed by atoms with Gasteiger partial charge in [0, 0.05) is 24.7 Å². The normalized spacial score (nSPS) is 11.1. The number of rotatable bonds is 8. The number of carbonyl (C=O) groups is 1. The minimum atomic E-state index is -3.59. The van der Waals surface area contributed by atoms with Gasteiger partial charge >= 0.3 is 0 Å². The van der Waals surface area contributed by atoms with Crippen molar-refractivity contribution in [3.05, 3.63) is 54.1 Å². The largest absolute Gasteiger partial charge is 0.495 e. The van der Waals surface area contributed by atoms with Crippen LogP contribution in [0.3, 0.4) is 0 Å². The van der Waals surface area contributed by atoms with Crippen LogP contribution in [-0.2, 0) is 14.8 Å². The predicted molar refractivity (Wildman–Crippen MR) is 99.4 cm³/mol. The molecule has 0 unspecified atom stereocenters. The van der Waals surface area contributed by atoms with Crippen molar-refractivity contribution < 1.29 is 26.7 Å². The van der Waals surface area contributed by atoms with E-state index in [1.54, 1.807) is 24.3 Å². The first-order valence-electron chi connectivity index (χ1n) is 8.08. The zero-order valence-electron chi connectivity index (χ0n) is 14.9. The van der Waals surface area contributed by atoms with Gasteiger partial charge in [-0.2, -0.15) is 0 Å². The highest BCUT2D eigenvalue weighted by Crippen LogP contribution is 2.29.